The summed E-state index contributed by atoms with van der Waals surface area (Å²) in [5.74, 6) is 0. The van der Waals surface area contributed by atoms with Crippen molar-refractivity contribution in [2.75, 3.05) is 14.7 Å². The fourth-order valence-corrected chi connectivity index (χ4v) is 15.4. The average molecular weight is 1190 g/mol. The van der Waals surface area contributed by atoms with Crippen molar-refractivity contribution >= 4 is 117 Å². The van der Waals surface area contributed by atoms with Crippen LogP contribution in [0.4, 0.5) is 51.2 Å². The number of fused-ring (bicyclic) bond motifs is 9. The topological polar surface area (TPSA) is 14.7 Å². The largest absolute Gasteiger partial charge is 0.311 e. The van der Waals surface area contributed by atoms with Crippen LogP contribution in [-0.4, -0.2) is 11.3 Å². The number of hydrogen-bond donors (Lipinski definition) is 0. The Morgan fingerprint density at radius 3 is 1.48 bits per heavy atom. The van der Waals surface area contributed by atoms with Gasteiger partial charge in [-0.25, -0.2) is 0 Å². The zero-order chi connectivity index (χ0) is 62.2. The molecule has 0 amide bonds. The van der Waals surface area contributed by atoms with E-state index in [9.17, 15) is 0 Å². The maximum Gasteiger partial charge on any atom is 0.264 e. The minimum atomic E-state index is -0.143. The van der Waals surface area contributed by atoms with E-state index < -0.39 is 0 Å². The van der Waals surface area contributed by atoms with Gasteiger partial charge in [-0.3, -0.25) is 0 Å². The van der Waals surface area contributed by atoms with Crippen LogP contribution in [0.2, 0.25) is 0 Å². The summed E-state index contributed by atoms with van der Waals surface area (Å²) in [6.07, 6.45) is 0. The first-order chi connectivity index (χ1) is 43.2. The summed E-state index contributed by atoms with van der Waals surface area (Å²) in [5, 5.41) is 3.70. The van der Waals surface area contributed by atoms with E-state index in [1.807, 2.05) is 11.3 Å². The Hall–Kier alpha value is -9.36. The Bertz CT molecular complexity index is 4900. The lowest BCUT2D eigenvalue weighted by Gasteiger charge is -2.44. The van der Waals surface area contributed by atoms with E-state index in [4.69, 9.17) is 0 Å². The molecule has 6 heteroatoms. The van der Waals surface area contributed by atoms with Crippen LogP contribution in [0.5, 0.6) is 0 Å². The molecule has 13 aromatic rings. The van der Waals surface area contributed by atoms with Crippen LogP contribution in [-0.2, 0) is 21.7 Å². The fourth-order valence-electron chi connectivity index (χ4n) is 14.1. The highest BCUT2D eigenvalue weighted by Gasteiger charge is 2.47. The molecule has 0 spiro atoms. The summed E-state index contributed by atoms with van der Waals surface area (Å²) in [6.45, 7) is 27.7. The molecule has 0 unspecified atom stereocenters. The Kier molecular flexibility index (Phi) is 13.4. The molecule has 0 aliphatic carbocycles. The normalized spacial score (nSPS) is 13.3. The average Bonchev–Trinajstić information content (AvgIpc) is 1.20. The van der Waals surface area contributed by atoms with Crippen molar-refractivity contribution in [3.05, 3.63) is 271 Å². The Balaban J connectivity index is 1.11. The van der Waals surface area contributed by atoms with Gasteiger partial charge in [0, 0.05) is 71.0 Å². The standard InChI is InChI=1S/C84H77BN4S/c1-81(2,3)57-35-42-62(43-36-57)86(71-34-24-32-66-65-31-22-23-33-70(65)88(78(66)71)61-29-20-15-21-30-61)72-53-73-69(52-67(72)55-27-18-14-19-28-55)85-77-74(87(73)63-44-37-58(38-45-63)82(4,5)6)49-56(54-25-16-13-17-26-54)50-75(77)89(64-46-39-59(40-47-64)83(7,8)9)79-68-51-60(84(10,11)12)41-48-76(68)90-80(79)85/h13-53H,1-12H3. The van der Waals surface area contributed by atoms with Crippen molar-refractivity contribution in [3.63, 3.8) is 0 Å². The third-order valence-electron chi connectivity index (χ3n) is 19.0. The van der Waals surface area contributed by atoms with Crippen LogP contribution < -0.4 is 30.4 Å². The number of para-hydroxylation sites is 3. The van der Waals surface area contributed by atoms with E-state index in [1.54, 1.807) is 0 Å². The Morgan fingerprint density at radius 2 is 0.878 bits per heavy atom. The quantitative estimate of drug-likeness (QED) is 0.141. The summed E-state index contributed by atoms with van der Waals surface area (Å²) in [5.41, 5.74) is 26.0. The number of aromatic nitrogens is 1. The van der Waals surface area contributed by atoms with Crippen LogP contribution in [0.15, 0.2) is 249 Å². The van der Waals surface area contributed by atoms with E-state index in [0.717, 1.165) is 56.5 Å². The van der Waals surface area contributed by atoms with Gasteiger partial charge in [-0.15, -0.1) is 11.3 Å². The van der Waals surface area contributed by atoms with Crippen molar-refractivity contribution in [1.82, 2.24) is 4.57 Å². The molecule has 4 nitrogen and oxygen atoms in total. The predicted octanol–water partition coefficient (Wildman–Crippen LogP) is 22.1. The van der Waals surface area contributed by atoms with Gasteiger partial charge in [-0.1, -0.05) is 241 Å². The van der Waals surface area contributed by atoms with Gasteiger partial charge in [0.25, 0.3) is 6.71 Å². The number of hydrogen-bond acceptors (Lipinski definition) is 4. The second kappa shape index (κ2) is 21.1. The molecule has 0 bridgehead atoms. The lowest BCUT2D eigenvalue weighted by Crippen LogP contribution is -2.60. The maximum atomic E-state index is 2.64. The second-order valence-electron chi connectivity index (χ2n) is 29.1. The third-order valence-corrected chi connectivity index (χ3v) is 20.2. The molecular weight excluding hydrogens is 1110 g/mol. The van der Waals surface area contributed by atoms with Gasteiger partial charge < -0.3 is 19.3 Å². The molecule has 2 aromatic heterocycles. The molecule has 0 saturated heterocycles. The molecule has 15 rings (SSSR count). The fraction of sp³-hybridized carbons (Fsp3) is 0.190. The number of thiophene rings is 1. The van der Waals surface area contributed by atoms with Gasteiger partial charge in [0.2, 0.25) is 0 Å². The number of benzene rings is 11. The Labute approximate surface area is 536 Å². The van der Waals surface area contributed by atoms with Gasteiger partial charge in [-0.2, -0.15) is 0 Å². The monoisotopic (exact) mass is 1180 g/mol. The lowest BCUT2D eigenvalue weighted by molar-refractivity contribution is 0.590. The van der Waals surface area contributed by atoms with E-state index in [1.165, 1.54) is 92.5 Å². The van der Waals surface area contributed by atoms with Crippen LogP contribution >= 0.6 is 11.3 Å². The SMILES string of the molecule is CC(C)(C)c1ccc(N2c3cc(N(c4ccc(C(C)(C)C)cc4)c4cccc5c6ccccc6n(-c6ccccc6)c45)c(-c4ccccc4)cc3B3c4sc5ccc(C(C)(C)C)cc5c4N(c4ccc(C(C)(C)C)cc4)c4cc(-c5ccccc5)cc2c43)cc1. The number of anilines is 9. The zero-order valence-corrected chi connectivity index (χ0v) is 54.8. The first-order valence-corrected chi connectivity index (χ1v) is 32.8. The number of rotatable bonds is 8. The molecule has 0 saturated carbocycles. The molecule has 2 aliphatic rings. The van der Waals surface area contributed by atoms with Crippen LogP contribution in [0.3, 0.4) is 0 Å². The van der Waals surface area contributed by atoms with Crippen molar-refractivity contribution in [3.8, 4) is 27.9 Å². The molecule has 0 fully saturated rings. The lowest BCUT2D eigenvalue weighted by atomic mass is 9.36. The van der Waals surface area contributed by atoms with Gasteiger partial charge in [0.15, 0.2) is 0 Å². The number of nitrogens with zero attached hydrogens (tertiary/aromatic N) is 4. The first-order valence-electron chi connectivity index (χ1n) is 32.0. The van der Waals surface area contributed by atoms with E-state index in [0.29, 0.717) is 0 Å². The van der Waals surface area contributed by atoms with E-state index in [-0.39, 0.29) is 28.4 Å². The van der Waals surface area contributed by atoms with Crippen molar-refractivity contribution in [2.45, 2.75) is 105 Å². The highest BCUT2D eigenvalue weighted by Crippen LogP contribution is 2.54. The van der Waals surface area contributed by atoms with E-state index in [2.05, 4.69) is 351 Å². The van der Waals surface area contributed by atoms with Crippen molar-refractivity contribution < 1.29 is 0 Å². The highest BCUT2D eigenvalue weighted by atomic mass is 32.1. The van der Waals surface area contributed by atoms with Crippen molar-refractivity contribution in [2.24, 2.45) is 0 Å². The predicted molar refractivity (Wildman–Crippen MR) is 391 cm³/mol. The second-order valence-corrected chi connectivity index (χ2v) is 30.1. The Morgan fingerprint density at radius 1 is 0.367 bits per heavy atom. The molecular formula is C84H77BN4S. The van der Waals surface area contributed by atoms with E-state index >= 15 is 0 Å². The van der Waals surface area contributed by atoms with Gasteiger partial charge in [0.05, 0.1) is 28.1 Å². The molecule has 0 radical (unpaired) electrons. The van der Waals surface area contributed by atoms with Gasteiger partial charge in [-0.05, 0) is 163 Å². The molecule has 11 aromatic carbocycles. The third kappa shape index (κ3) is 9.56. The first kappa shape index (κ1) is 57.1. The van der Waals surface area contributed by atoms with Crippen molar-refractivity contribution in [1.29, 1.82) is 0 Å². The van der Waals surface area contributed by atoms with Gasteiger partial charge in [0.1, 0.15) is 0 Å². The molecule has 4 heterocycles. The summed E-state index contributed by atoms with van der Waals surface area (Å²) in [6, 6.07) is 94.9. The maximum absolute atomic E-state index is 2.64. The minimum absolute atomic E-state index is 0.0138. The van der Waals surface area contributed by atoms with Crippen LogP contribution in [0.1, 0.15) is 105 Å². The summed E-state index contributed by atoms with van der Waals surface area (Å²) in [7, 11) is 0. The molecule has 2 aliphatic heterocycles. The molecule has 442 valence electrons. The highest BCUT2D eigenvalue weighted by molar-refractivity contribution is 7.33. The zero-order valence-electron chi connectivity index (χ0n) is 53.9. The smallest absolute Gasteiger partial charge is 0.264 e. The van der Waals surface area contributed by atoms with Crippen LogP contribution in [0, 0.1) is 0 Å². The summed E-state index contributed by atoms with van der Waals surface area (Å²) >= 11 is 1.97. The van der Waals surface area contributed by atoms with Gasteiger partial charge >= 0.3 is 0 Å². The summed E-state index contributed by atoms with van der Waals surface area (Å²) in [4.78, 5) is 7.85. The minimum Gasteiger partial charge on any atom is -0.311 e. The summed E-state index contributed by atoms with van der Waals surface area (Å²) < 4.78 is 5.12. The molecule has 0 atom stereocenters. The molecule has 90 heavy (non-hydrogen) atoms. The van der Waals surface area contributed by atoms with Crippen LogP contribution in [0.25, 0.3) is 59.8 Å². The molecule has 0 N–H and O–H groups in total.